The second-order valence-electron chi connectivity index (χ2n) is 5.51. The molecule has 0 radical (unpaired) electrons. The molecule has 2 aliphatic carbocycles. The number of rotatable bonds is 5. The molecular formula is C14H19N3O. The van der Waals surface area contributed by atoms with Crippen molar-refractivity contribution in [2.45, 2.75) is 25.7 Å². The summed E-state index contributed by atoms with van der Waals surface area (Å²) in [4.78, 5) is 16.0. The Balaban J connectivity index is 1.59. The summed E-state index contributed by atoms with van der Waals surface area (Å²) in [7, 11) is 0. The Hall–Kier alpha value is -1.58. The van der Waals surface area contributed by atoms with E-state index in [1.807, 2.05) is 0 Å². The lowest BCUT2D eigenvalue weighted by Gasteiger charge is -2.16. The molecule has 3 rings (SSSR count). The van der Waals surface area contributed by atoms with Gasteiger partial charge in [0.05, 0.1) is 5.56 Å². The fraction of sp³-hybridized carbons (Fsp3) is 0.571. The Morgan fingerprint density at radius 1 is 1.39 bits per heavy atom. The van der Waals surface area contributed by atoms with E-state index < -0.39 is 0 Å². The van der Waals surface area contributed by atoms with Crippen molar-refractivity contribution in [1.82, 2.24) is 10.3 Å². The van der Waals surface area contributed by atoms with Gasteiger partial charge in [-0.3, -0.25) is 9.78 Å². The van der Waals surface area contributed by atoms with E-state index in [4.69, 9.17) is 5.73 Å². The van der Waals surface area contributed by atoms with Gasteiger partial charge in [0.1, 0.15) is 0 Å². The Morgan fingerprint density at radius 3 is 2.61 bits per heavy atom. The first-order valence-electron chi connectivity index (χ1n) is 6.73. The van der Waals surface area contributed by atoms with Crippen LogP contribution in [0.1, 0.15) is 36.0 Å². The molecule has 0 unspecified atom stereocenters. The van der Waals surface area contributed by atoms with Crippen LogP contribution >= 0.6 is 0 Å². The van der Waals surface area contributed by atoms with Gasteiger partial charge in [-0.25, -0.2) is 0 Å². The third-order valence-corrected chi connectivity index (χ3v) is 4.05. The average Bonchev–Trinajstić information content (AvgIpc) is 3.24. The normalized spacial score (nSPS) is 18.9. The third kappa shape index (κ3) is 2.47. The predicted molar refractivity (Wildman–Crippen MR) is 69.9 cm³/mol. The molecule has 1 aromatic heterocycles. The molecule has 3 N–H and O–H groups in total. The first-order valence-corrected chi connectivity index (χ1v) is 6.73. The largest absolute Gasteiger partial charge is 0.398 e. The van der Waals surface area contributed by atoms with Gasteiger partial charge in [0.25, 0.3) is 5.91 Å². The van der Waals surface area contributed by atoms with E-state index in [-0.39, 0.29) is 5.91 Å². The molecule has 18 heavy (non-hydrogen) atoms. The van der Waals surface area contributed by atoms with Crippen LogP contribution in [0, 0.1) is 17.8 Å². The topological polar surface area (TPSA) is 68.0 Å². The summed E-state index contributed by atoms with van der Waals surface area (Å²) in [6.07, 6.45) is 8.49. The molecule has 1 amide bonds. The lowest BCUT2D eigenvalue weighted by molar-refractivity contribution is 0.0944. The number of nitrogen functional groups attached to an aromatic ring is 1. The maximum Gasteiger partial charge on any atom is 0.254 e. The number of nitrogens with zero attached hydrogens (tertiary/aromatic N) is 1. The molecule has 4 heteroatoms. The highest BCUT2D eigenvalue weighted by atomic mass is 16.1. The summed E-state index contributed by atoms with van der Waals surface area (Å²) in [5, 5.41) is 3.02. The molecule has 96 valence electrons. The zero-order valence-corrected chi connectivity index (χ0v) is 10.4. The standard InChI is InChI=1S/C14H19N3O/c15-13-5-6-16-7-12(13)14(18)17-8-11(9-1-2-9)10-3-4-10/h5-7,9-11H,1-4,8H2,(H2,15,16)(H,17,18). The van der Waals surface area contributed by atoms with E-state index in [0.717, 1.165) is 18.4 Å². The van der Waals surface area contributed by atoms with Gasteiger partial charge in [0.15, 0.2) is 0 Å². The summed E-state index contributed by atoms with van der Waals surface area (Å²) in [6, 6.07) is 1.66. The van der Waals surface area contributed by atoms with Crippen molar-refractivity contribution >= 4 is 11.6 Å². The van der Waals surface area contributed by atoms with Gasteiger partial charge in [0.2, 0.25) is 0 Å². The van der Waals surface area contributed by atoms with Gasteiger partial charge in [0, 0.05) is 24.6 Å². The highest BCUT2D eigenvalue weighted by Crippen LogP contribution is 2.48. The fourth-order valence-corrected chi connectivity index (χ4v) is 2.67. The highest BCUT2D eigenvalue weighted by molar-refractivity contribution is 5.98. The average molecular weight is 245 g/mol. The number of hydrogen-bond donors (Lipinski definition) is 2. The predicted octanol–water partition coefficient (Wildman–Crippen LogP) is 1.83. The maximum atomic E-state index is 12.0. The molecular weight excluding hydrogens is 226 g/mol. The van der Waals surface area contributed by atoms with Crippen molar-refractivity contribution in [2.24, 2.45) is 17.8 Å². The summed E-state index contributed by atoms with van der Waals surface area (Å²) < 4.78 is 0. The molecule has 0 bridgehead atoms. The minimum Gasteiger partial charge on any atom is -0.398 e. The van der Waals surface area contributed by atoms with E-state index in [0.29, 0.717) is 17.2 Å². The molecule has 0 saturated heterocycles. The number of carbonyl (C=O) groups is 1. The molecule has 4 nitrogen and oxygen atoms in total. The van der Waals surface area contributed by atoms with E-state index in [1.165, 1.54) is 31.9 Å². The number of nitrogens with two attached hydrogens (primary N) is 1. The molecule has 2 aliphatic rings. The summed E-state index contributed by atoms with van der Waals surface area (Å²) >= 11 is 0. The lowest BCUT2D eigenvalue weighted by atomic mass is 9.98. The van der Waals surface area contributed by atoms with Crippen molar-refractivity contribution in [3.63, 3.8) is 0 Å². The second-order valence-corrected chi connectivity index (χ2v) is 5.51. The number of hydrogen-bond acceptors (Lipinski definition) is 3. The Kier molecular flexibility index (Phi) is 2.94. The smallest absolute Gasteiger partial charge is 0.254 e. The monoisotopic (exact) mass is 245 g/mol. The van der Waals surface area contributed by atoms with Crippen molar-refractivity contribution in [2.75, 3.05) is 12.3 Å². The van der Waals surface area contributed by atoms with Crippen LogP contribution in [0.4, 0.5) is 5.69 Å². The van der Waals surface area contributed by atoms with Gasteiger partial charge in [-0.15, -0.1) is 0 Å². The van der Waals surface area contributed by atoms with Crippen LogP contribution in [0.25, 0.3) is 0 Å². The first-order chi connectivity index (χ1) is 8.75. The van der Waals surface area contributed by atoms with Crippen LogP contribution in [0.2, 0.25) is 0 Å². The van der Waals surface area contributed by atoms with Crippen LogP contribution in [-0.4, -0.2) is 17.4 Å². The minimum absolute atomic E-state index is 0.0908. The van der Waals surface area contributed by atoms with E-state index in [2.05, 4.69) is 10.3 Å². The Bertz CT molecular complexity index is 440. The quantitative estimate of drug-likeness (QED) is 0.831. The molecule has 2 fully saturated rings. The molecule has 0 aliphatic heterocycles. The van der Waals surface area contributed by atoms with Gasteiger partial charge in [-0.2, -0.15) is 0 Å². The lowest BCUT2D eigenvalue weighted by Crippen LogP contribution is -2.31. The van der Waals surface area contributed by atoms with E-state index in [9.17, 15) is 4.79 Å². The second kappa shape index (κ2) is 4.59. The van der Waals surface area contributed by atoms with Crippen molar-refractivity contribution in [3.05, 3.63) is 24.0 Å². The van der Waals surface area contributed by atoms with Crippen LogP contribution < -0.4 is 11.1 Å². The SMILES string of the molecule is Nc1ccncc1C(=O)NCC(C1CC1)C1CC1. The Labute approximate surface area is 107 Å². The molecule has 0 spiro atoms. The fourth-order valence-electron chi connectivity index (χ4n) is 2.67. The van der Waals surface area contributed by atoms with Crippen LogP contribution in [0.15, 0.2) is 18.5 Å². The van der Waals surface area contributed by atoms with Gasteiger partial charge < -0.3 is 11.1 Å². The Morgan fingerprint density at radius 2 is 2.06 bits per heavy atom. The van der Waals surface area contributed by atoms with Crippen LogP contribution in [0.5, 0.6) is 0 Å². The van der Waals surface area contributed by atoms with Crippen LogP contribution in [-0.2, 0) is 0 Å². The molecule has 0 aromatic carbocycles. The summed E-state index contributed by atoms with van der Waals surface area (Å²) in [5.74, 6) is 2.30. The third-order valence-electron chi connectivity index (χ3n) is 4.05. The molecule has 1 aromatic rings. The molecule has 1 heterocycles. The molecule has 2 saturated carbocycles. The van der Waals surface area contributed by atoms with Gasteiger partial charge >= 0.3 is 0 Å². The maximum absolute atomic E-state index is 12.0. The molecule has 0 atom stereocenters. The number of anilines is 1. The van der Waals surface area contributed by atoms with Gasteiger partial charge in [-0.1, -0.05) is 0 Å². The number of carbonyl (C=O) groups excluding carboxylic acids is 1. The zero-order valence-electron chi connectivity index (χ0n) is 10.4. The van der Waals surface area contributed by atoms with E-state index >= 15 is 0 Å². The number of nitrogens with one attached hydrogen (secondary N) is 1. The number of amides is 1. The van der Waals surface area contributed by atoms with Crippen molar-refractivity contribution < 1.29 is 4.79 Å². The summed E-state index contributed by atoms with van der Waals surface area (Å²) in [5.41, 5.74) is 6.76. The highest BCUT2D eigenvalue weighted by Gasteiger charge is 2.41. The van der Waals surface area contributed by atoms with Crippen molar-refractivity contribution in [1.29, 1.82) is 0 Å². The van der Waals surface area contributed by atoms with Crippen molar-refractivity contribution in [3.8, 4) is 0 Å². The first kappa shape index (κ1) is 11.5. The van der Waals surface area contributed by atoms with Crippen LogP contribution in [0.3, 0.4) is 0 Å². The zero-order chi connectivity index (χ0) is 12.5. The minimum atomic E-state index is -0.0908. The number of pyridine rings is 1. The number of aromatic nitrogens is 1. The van der Waals surface area contributed by atoms with E-state index in [1.54, 1.807) is 12.3 Å². The summed E-state index contributed by atoms with van der Waals surface area (Å²) in [6.45, 7) is 0.794. The van der Waals surface area contributed by atoms with Gasteiger partial charge in [-0.05, 0) is 49.5 Å².